The zero-order valence-electron chi connectivity index (χ0n) is 7.74. The van der Waals surface area contributed by atoms with Crippen molar-refractivity contribution in [2.45, 2.75) is 19.8 Å². The molecule has 0 aliphatic rings. The summed E-state index contributed by atoms with van der Waals surface area (Å²) in [5.74, 6) is 1.28. The Balaban J connectivity index is 2.69. The normalized spacial score (nSPS) is 11.3. The predicted octanol–water partition coefficient (Wildman–Crippen LogP) is 2.53. The molecule has 1 aromatic heterocycles. The maximum atomic E-state index is 5.63. The summed E-state index contributed by atoms with van der Waals surface area (Å²) in [5, 5.41) is 5.01. The van der Waals surface area contributed by atoms with Gasteiger partial charge < -0.3 is 10.3 Å². The number of anilines is 1. The van der Waals surface area contributed by atoms with Gasteiger partial charge in [-0.1, -0.05) is 19.0 Å². The summed E-state index contributed by atoms with van der Waals surface area (Å²) in [4.78, 5) is 0. The van der Waals surface area contributed by atoms with E-state index in [1.54, 1.807) is 0 Å². The molecule has 0 saturated carbocycles. The minimum atomic E-state index is 0.355. The fourth-order valence-corrected chi connectivity index (χ4v) is 1.40. The van der Waals surface area contributed by atoms with Crippen LogP contribution in [0.2, 0.25) is 0 Å². The van der Waals surface area contributed by atoms with Crippen LogP contribution in [0.5, 0.6) is 0 Å². The molecule has 2 rings (SSSR count). The Hall–Kier alpha value is -1.51. The fraction of sp³-hybridized carbons (Fsp3) is 0.300. The summed E-state index contributed by atoms with van der Waals surface area (Å²) in [6, 6.07) is 5.65. The summed E-state index contributed by atoms with van der Waals surface area (Å²) in [5.41, 5.74) is 7.18. The number of hydrogen-bond donors (Lipinski definition) is 1. The van der Waals surface area contributed by atoms with Crippen LogP contribution in [-0.2, 0) is 0 Å². The van der Waals surface area contributed by atoms with Crippen LogP contribution in [0.1, 0.15) is 25.5 Å². The lowest BCUT2D eigenvalue weighted by atomic mass is 10.1. The summed E-state index contributed by atoms with van der Waals surface area (Å²) < 4.78 is 5.23. The van der Waals surface area contributed by atoms with Gasteiger partial charge in [-0.15, -0.1) is 0 Å². The number of rotatable bonds is 1. The molecule has 0 aliphatic carbocycles. The molecule has 13 heavy (non-hydrogen) atoms. The van der Waals surface area contributed by atoms with Gasteiger partial charge in [0.2, 0.25) is 0 Å². The lowest BCUT2D eigenvalue weighted by molar-refractivity contribution is 0.378. The van der Waals surface area contributed by atoms with E-state index in [4.69, 9.17) is 10.3 Å². The highest BCUT2D eigenvalue weighted by molar-refractivity contribution is 5.83. The third-order valence-corrected chi connectivity index (χ3v) is 2.05. The Kier molecular flexibility index (Phi) is 1.72. The molecular weight excluding hydrogens is 164 g/mol. The third-order valence-electron chi connectivity index (χ3n) is 2.05. The average molecular weight is 176 g/mol. The largest absolute Gasteiger partial charge is 0.399 e. The van der Waals surface area contributed by atoms with Gasteiger partial charge in [-0.3, -0.25) is 0 Å². The average Bonchev–Trinajstić information content (AvgIpc) is 2.46. The van der Waals surface area contributed by atoms with Crippen molar-refractivity contribution in [2.75, 3.05) is 5.73 Å². The van der Waals surface area contributed by atoms with Gasteiger partial charge in [-0.25, -0.2) is 0 Å². The first-order valence-electron chi connectivity index (χ1n) is 4.33. The van der Waals surface area contributed by atoms with Crippen LogP contribution in [0.3, 0.4) is 0 Å². The number of fused-ring (bicyclic) bond motifs is 1. The summed E-state index contributed by atoms with van der Waals surface area (Å²) in [6.07, 6.45) is 0. The molecule has 1 aromatic carbocycles. The van der Waals surface area contributed by atoms with E-state index < -0.39 is 0 Å². The van der Waals surface area contributed by atoms with Crippen molar-refractivity contribution in [3.63, 3.8) is 0 Å². The Labute approximate surface area is 76.5 Å². The van der Waals surface area contributed by atoms with Crippen molar-refractivity contribution in [1.29, 1.82) is 0 Å². The highest BCUT2D eigenvalue weighted by Gasteiger charge is 2.11. The van der Waals surface area contributed by atoms with Crippen LogP contribution in [0, 0.1) is 0 Å². The number of nitrogens with zero attached hydrogens (tertiary/aromatic N) is 1. The molecule has 0 saturated heterocycles. The van der Waals surface area contributed by atoms with Gasteiger partial charge in [-0.05, 0) is 18.2 Å². The number of benzene rings is 1. The van der Waals surface area contributed by atoms with Crippen molar-refractivity contribution in [2.24, 2.45) is 0 Å². The Morgan fingerprint density at radius 3 is 2.85 bits per heavy atom. The van der Waals surface area contributed by atoms with E-state index in [2.05, 4.69) is 19.0 Å². The zero-order chi connectivity index (χ0) is 9.42. The molecule has 0 fully saturated rings. The first-order chi connectivity index (χ1) is 6.18. The monoisotopic (exact) mass is 176 g/mol. The highest BCUT2D eigenvalue weighted by atomic mass is 16.5. The van der Waals surface area contributed by atoms with Crippen molar-refractivity contribution in [1.82, 2.24) is 5.16 Å². The van der Waals surface area contributed by atoms with Crippen molar-refractivity contribution < 1.29 is 4.52 Å². The Bertz CT molecular complexity index is 431. The highest BCUT2D eigenvalue weighted by Crippen LogP contribution is 2.26. The number of aromatic nitrogens is 1. The topological polar surface area (TPSA) is 52.0 Å². The quantitative estimate of drug-likeness (QED) is 0.679. The maximum Gasteiger partial charge on any atom is 0.147 e. The lowest BCUT2D eigenvalue weighted by Gasteiger charge is -1.97. The van der Waals surface area contributed by atoms with Crippen molar-refractivity contribution in [3.05, 3.63) is 24.0 Å². The van der Waals surface area contributed by atoms with Crippen LogP contribution in [-0.4, -0.2) is 5.16 Å². The van der Waals surface area contributed by atoms with E-state index in [-0.39, 0.29) is 0 Å². The number of hydrogen-bond acceptors (Lipinski definition) is 3. The fourth-order valence-electron chi connectivity index (χ4n) is 1.40. The maximum absolute atomic E-state index is 5.63. The molecule has 0 unspecified atom stereocenters. The van der Waals surface area contributed by atoms with E-state index in [0.717, 1.165) is 22.4 Å². The minimum Gasteiger partial charge on any atom is -0.399 e. The second-order valence-corrected chi connectivity index (χ2v) is 3.48. The molecule has 2 N–H and O–H groups in total. The van der Waals surface area contributed by atoms with E-state index in [1.165, 1.54) is 0 Å². The molecule has 0 aliphatic heterocycles. The summed E-state index contributed by atoms with van der Waals surface area (Å²) in [6.45, 7) is 4.16. The molecule has 0 radical (unpaired) electrons. The smallest absolute Gasteiger partial charge is 0.147 e. The van der Waals surface area contributed by atoms with Crippen LogP contribution >= 0.6 is 0 Å². The molecular formula is C10H12N2O. The molecule has 3 nitrogen and oxygen atoms in total. The van der Waals surface area contributed by atoms with Crippen molar-refractivity contribution >= 4 is 16.6 Å². The van der Waals surface area contributed by atoms with Crippen LogP contribution in [0.15, 0.2) is 22.7 Å². The molecule has 0 amide bonds. The SMILES string of the molecule is CC(C)c1onc2cc(N)ccc12. The van der Waals surface area contributed by atoms with E-state index in [9.17, 15) is 0 Å². The molecule has 1 heterocycles. The summed E-state index contributed by atoms with van der Waals surface area (Å²) >= 11 is 0. The molecule has 3 heteroatoms. The second-order valence-electron chi connectivity index (χ2n) is 3.48. The third kappa shape index (κ3) is 1.26. The Morgan fingerprint density at radius 2 is 2.15 bits per heavy atom. The van der Waals surface area contributed by atoms with Gasteiger partial charge in [0.05, 0.1) is 0 Å². The van der Waals surface area contributed by atoms with Crippen LogP contribution in [0.4, 0.5) is 5.69 Å². The first-order valence-corrected chi connectivity index (χ1v) is 4.33. The van der Waals surface area contributed by atoms with Gasteiger partial charge in [-0.2, -0.15) is 0 Å². The van der Waals surface area contributed by atoms with Gasteiger partial charge in [0.15, 0.2) is 0 Å². The van der Waals surface area contributed by atoms with E-state index in [0.29, 0.717) is 5.92 Å². The second kappa shape index (κ2) is 2.76. The van der Waals surface area contributed by atoms with Gasteiger partial charge >= 0.3 is 0 Å². The van der Waals surface area contributed by atoms with Crippen LogP contribution in [0.25, 0.3) is 10.9 Å². The number of nitrogens with two attached hydrogens (primary N) is 1. The zero-order valence-corrected chi connectivity index (χ0v) is 7.74. The molecule has 0 bridgehead atoms. The summed E-state index contributed by atoms with van der Waals surface area (Å²) in [7, 11) is 0. The molecule has 68 valence electrons. The molecule has 2 aromatic rings. The minimum absolute atomic E-state index is 0.355. The standard InChI is InChI=1S/C10H12N2O/c1-6(2)10-8-4-3-7(11)5-9(8)12-13-10/h3-6H,11H2,1-2H3. The van der Waals surface area contributed by atoms with Gasteiger partial charge in [0.1, 0.15) is 11.3 Å². The predicted molar refractivity (Wildman–Crippen MR) is 52.5 cm³/mol. The van der Waals surface area contributed by atoms with Gasteiger partial charge in [0.25, 0.3) is 0 Å². The molecule has 0 spiro atoms. The van der Waals surface area contributed by atoms with E-state index >= 15 is 0 Å². The molecule has 0 atom stereocenters. The van der Waals surface area contributed by atoms with Crippen molar-refractivity contribution in [3.8, 4) is 0 Å². The lowest BCUT2D eigenvalue weighted by Crippen LogP contribution is -1.85. The number of nitrogen functional groups attached to an aromatic ring is 1. The Morgan fingerprint density at radius 1 is 1.38 bits per heavy atom. The first kappa shape index (κ1) is 8.10. The van der Waals surface area contributed by atoms with E-state index in [1.807, 2.05) is 18.2 Å². The van der Waals surface area contributed by atoms with Crippen LogP contribution < -0.4 is 5.73 Å². The van der Waals surface area contributed by atoms with Gasteiger partial charge in [0, 0.05) is 17.0 Å².